The molecule has 1 aliphatic rings. The van der Waals surface area contributed by atoms with Crippen molar-refractivity contribution < 1.29 is 13.9 Å². The smallest absolute Gasteiger partial charge is 0.221 e. The van der Waals surface area contributed by atoms with Crippen LogP contribution in [-0.2, 0) is 4.79 Å². The highest BCUT2D eigenvalue weighted by Gasteiger charge is 2.42. The van der Waals surface area contributed by atoms with Crippen LogP contribution in [0, 0.1) is 5.82 Å². The molecule has 3 heterocycles. The monoisotopic (exact) mass is 501 g/mol. The van der Waals surface area contributed by atoms with E-state index in [4.69, 9.17) is 17.0 Å². The van der Waals surface area contributed by atoms with E-state index in [1.807, 2.05) is 58.1 Å². The molecule has 0 radical (unpaired) electrons. The van der Waals surface area contributed by atoms with Gasteiger partial charge in [0.15, 0.2) is 5.11 Å². The first-order chi connectivity index (χ1) is 17.5. The first-order valence-corrected chi connectivity index (χ1v) is 11.8. The van der Waals surface area contributed by atoms with Crippen molar-refractivity contribution in [3.05, 3.63) is 102 Å². The number of benzene rings is 2. The summed E-state index contributed by atoms with van der Waals surface area (Å²) < 4.78 is 22.1. The zero-order chi connectivity index (χ0) is 25.2. The highest BCUT2D eigenvalue weighted by atomic mass is 32.1. The SMILES string of the molecule is COc1ccc(N2C(=S)N[C@@H](c3ccccn3)[C@H]2c2cccn2-c2ccccc2F)cc1NC(C)=O. The molecule has 2 atom stereocenters. The van der Waals surface area contributed by atoms with Gasteiger partial charge in [-0.25, -0.2) is 4.39 Å². The van der Waals surface area contributed by atoms with E-state index in [1.165, 1.54) is 13.0 Å². The van der Waals surface area contributed by atoms with Crippen LogP contribution >= 0.6 is 12.2 Å². The van der Waals surface area contributed by atoms with E-state index in [-0.39, 0.29) is 23.8 Å². The number of ether oxygens (including phenoxy) is 1. The van der Waals surface area contributed by atoms with Crippen LogP contribution in [0.25, 0.3) is 5.69 Å². The third-order valence-electron chi connectivity index (χ3n) is 6.07. The molecule has 1 fully saturated rings. The van der Waals surface area contributed by atoms with Gasteiger partial charge in [0.1, 0.15) is 17.6 Å². The van der Waals surface area contributed by atoms with Crippen LogP contribution < -0.4 is 20.3 Å². The molecule has 4 aromatic rings. The van der Waals surface area contributed by atoms with Gasteiger partial charge in [-0.1, -0.05) is 18.2 Å². The molecule has 1 aliphatic heterocycles. The number of carbonyl (C=O) groups is 1. The average Bonchev–Trinajstić information content (AvgIpc) is 3.48. The zero-order valence-electron chi connectivity index (χ0n) is 19.7. The van der Waals surface area contributed by atoms with E-state index in [0.29, 0.717) is 22.2 Å². The van der Waals surface area contributed by atoms with Crippen LogP contribution in [0.2, 0.25) is 0 Å². The molecule has 9 heteroatoms. The zero-order valence-corrected chi connectivity index (χ0v) is 20.5. The van der Waals surface area contributed by atoms with E-state index in [9.17, 15) is 9.18 Å². The topological polar surface area (TPSA) is 71.4 Å². The summed E-state index contributed by atoms with van der Waals surface area (Å²) in [5.41, 5.74) is 3.31. The minimum absolute atomic E-state index is 0.219. The van der Waals surface area contributed by atoms with E-state index in [2.05, 4.69) is 15.6 Å². The third kappa shape index (κ3) is 4.29. The predicted octanol–water partition coefficient (Wildman–Crippen LogP) is 5.16. The van der Waals surface area contributed by atoms with Crippen molar-refractivity contribution in [2.24, 2.45) is 0 Å². The summed E-state index contributed by atoms with van der Waals surface area (Å²) in [6.07, 6.45) is 3.57. The summed E-state index contributed by atoms with van der Waals surface area (Å²) in [7, 11) is 1.55. The normalized spacial score (nSPS) is 17.1. The third-order valence-corrected chi connectivity index (χ3v) is 6.38. The number of pyridine rings is 1. The summed E-state index contributed by atoms with van der Waals surface area (Å²) in [6, 6.07) is 21.0. The van der Waals surface area contributed by atoms with Gasteiger partial charge < -0.3 is 24.8 Å². The van der Waals surface area contributed by atoms with Crippen molar-refractivity contribution in [1.82, 2.24) is 14.9 Å². The molecule has 5 rings (SSSR count). The second-order valence-electron chi connectivity index (χ2n) is 8.32. The number of hydrogen-bond acceptors (Lipinski definition) is 4. The number of amides is 1. The Morgan fingerprint density at radius 3 is 2.64 bits per heavy atom. The largest absolute Gasteiger partial charge is 0.495 e. The summed E-state index contributed by atoms with van der Waals surface area (Å²) in [4.78, 5) is 18.4. The maximum atomic E-state index is 14.9. The van der Waals surface area contributed by atoms with Crippen LogP contribution in [0.5, 0.6) is 5.75 Å². The number of nitrogens with one attached hydrogen (secondary N) is 2. The molecule has 2 aromatic heterocycles. The number of para-hydroxylation sites is 1. The molecule has 0 saturated carbocycles. The lowest BCUT2D eigenvalue weighted by Crippen LogP contribution is -2.30. The first kappa shape index (κ1) is 23.5. The van der Waals surface area contributed by atoms with Crippen LogP contribution in [0.3, 0.4) is 0 Å². The van der Waals surface area contributed by atoms with Crippen molar-refractivity contribution in [1.29, 1.82) is 0 Å². The van der Waals surface area contributed by atoms with Crippen LogP contribution in [0.15, 0.2) is 85.2 Å². The molecule has 2 N–H and O–H groups in total. The molecule has 36 heavy (non-hydrogen) atoms. The Hall–Kier alpha value is -4.24. The van der Waals surface area contributed by atoms with Gasteiger partial charge in [0.2, 0.25) is 5.91 Å². The molecular formula is C27H24FN5O2S. The quantitative estimate of drug-likeness (QED) is 0.356. The van der Waals surface area contributed by atoms with Crippen molar-refractivity contribution >= 4 is 34.6 Å². The van der Waals surface area contributed by atoms with E-state index < -0.39 is 0 Å². The van der Waals surface area contributed by atoms with Gasteiger partial charge in [0, 0.05) is 30.7 Å². The summed E-state index contributed by atoms with van der Waals surface area (Å²) in [5.74, 6) is -0.0229. The Kier molecular flexibility index (Phi) is 6.39. The van der Waals surface area contributed by atoms with Gasteiger partial charge in [-0.3, -0.25) is 9.78 Å². The van der Waals surface area contributed by atoms with Gasteiger partial charge in [0.25, 0.3) is 0 Å². The molecule has 2 aromatic carbocycles. The minimum Gasteiger partial charge on any atom is -0.495 e. The Morgan fingerprint density at radius 1 is 1.11 bits per heavy atom. The molecular weight excluding hydrogens is 477 g/mol. The number of methoxy groups -OCH3 is 1. The highest BCUT2D eigenvalue weighted by molar-refractivity contribution is 7.80. The Labute approximate surface area is 213 Å². The number of carbonyl (C=O) groups excluding carboxylic acids is 1. The van der Waals surface area contributed by atoms with Gasteiger partial charge in [-0.05, 0) is 66.8 Å². The maximum absolute atomic E-state index is 14.9. The number of rotatable bonds is 6. The number of hydrogen-bond donors (Lipinski definition) is 2. The minimum atomic E-state index is -0.374. The summed E-state index contributed by atoms with van der Waals surface area (Å²) in [6.45, 7) is 1.44. The molecule has 1 saturated heterocycles. The van der Waals surface area contributed by atoms with Crippen molar-refractivity contribution in [2.45, 2.75) is 19.0 Å². The van der Waals surface area contributed by atoms with Gasteiger partial charge in [-0.2, -0.15) is 0 Å². The van der Waals surface area contributed by atoms with Crippen LogP contribution in [0.4, 0.5) is 15.8 Å². The fraction of sp³-hybridized carbons (Fsp3) is 0.148. The van der Waals surface area contributed by atoms with Crippen molar-refractivity contribution in [3.8, 4) is 11.4 Å². The lowest BCUT2D eigenvalue weighted by molar-refractivity contribution is -0.114. The van der Waals surface area contributed by atoms with Gasteiger partial charge in [0.05, 0.1) is 30.2 Å². The molecule has 0 unspecified atom stereocenters. The molecule has 0 aliphatic carbocycles. The van der Waals surface area contributed by atoms with Gasteiger partial charge in [-0.15, -0.1) is 0 Å². The highest BCUT2D eigenvalue weighted by Crippen LogP contribution is 2.43. The number of aromatic nitrogens is 2. The molecule has 1 amide bonds. The van der Waals surface area contributed by atoms with E-state index in [0.717, 1.165) is 17.1 Å². The Bertz CT molecular complexity index is 1420. The average molecular weight is 502 g/mol. The first-order valence-electron chi connectivity index (χ1n) is 11.4. The van der Waals surface area contributed by atoms with Crippen LogP contribution in [0.1, 0.15) is 30.4 Å². The van der Waals surface area contributed by atoms with Crippen LogP contribution in [-0.4, -0.2) is 27.7 Å². The Morgan fingerprint density at radius 2 is 1.92 bits per heavy atom. The second kappa shape index (κ2) is 9.79. The lowest BCUT2D eigenvalue weighted by Gasteiger charge is -2.29. The summed E-state index contributed by atoms with van der Waals surface area (Å²) in [5, 5.41) is 6.71. The fourth-order valence-electron chi connectivity index (χ4n) is 4.57. The van der Waals surface area contributed by atoms with E-state index >= 15 is 0 Å². The van der Waals surface area contributed by atoms with Gasteiger partial charge >= 0.3 is 0 Å². The number of halogens is 1. The Balaban J connectivity index is 1.67. The lowest BCUT2D eigenvalue weighted by atomic mass is 10.0. The second-order valence-corrected chi connectivity index (χ2v) is 8.70. The predicted molar refractivity (Wildman–Crippen MR) is 141 cm³/mol. The molecule has 7 nitrogen and oxygen atoms in total. The number of anilines is 2. The molecule has 0 spiro atoms. The standard InChI is InChI=1S/C27H24FN5O2S/c1-17(34)30-21-16-18(12-13-24(21)35-2)33-26(25(31-27(33)36)20-9-5-6-14-29-20)23-11-7-15-32(23)22-10-4-3-8-19(22)28/h3-16,25-26H,1-2H3,(H,30,34)(H,31,36)/t25-,26+/m0/s1. The maximum Gasteiger partial charge on any atom is 0.221 e. The fourth-order valence-corrected chi connectivity index (χ4v) is 4.91. The van der Waals surface area contributed by atoms with Crippen molar-refractivity contribution in [3.63, 3.8) is 0 Å². The summed E-state index contributed by atoms with van der Waals surface area (Å²) >= 11 is 5.81. The van der Waals surface area contributed by atoms with E-state index in [1.54, 1.807) is 37.6 Å². The molecule has 0 bridgehead atoms. The molecule has 182 valence electrons. The van der Waals surface area contributed by atoms with Crippen molar-refractivity contribution in [2.75, 3.05) is 17.3 Å². The number of thiocarbonyl (C=S) groups is 1. The number of nitrogens with zero attached hydrogens (tertiary/aromatic N) is 3.